The molecule has 0 saturated carbocycles. The molecule has 0 aliphatic carbocycles. The number of halogens is 1. The van der Waals surface area contributed by atoms with Crippen LogP contribution in [-0.4, -0.2) is 16.8 Å². The van der Waals surface area contributed by atoms with Crippen molar-refractivity contribution >= 4 is 11.6 Å². The van der Waals surface area contributed by atoms with Gasteiger partial charge in [0.1, 0.15) is 0 Å². The second kappa shape index (κ2) is 5.55. The lowest BCUT2D eigenvalue weighted by atomic mass is 9.98. The third kappa shape index (κ3) is 2.92. The summed E-state index contributed by atoms with van der Waals surface area (Å²) in [4.78, 5) is 0. The van der Waals surface area contributed by atoms with Crippen LogP contribution in [0.1, 0.15) is 22.9 Å². The summed E-state index contributed by atoms with van der Waals surface area (Å²) in [5.41, 5.74) is 3.57. The summed E-state index contributed by atoms with van der Waals surface area (Å²) >= 11 is 5.99. The van der Waals surface area contributed by atoms with Crippen LogP contribution >= 0.6 is 11.6 Å². The molecule has 0 amide bonds. The Morgan fingerprint density at radius 3 is 2.72 bits per heavy atom. The van der Waals surface area contributed by atoms with Crippen LogP contribution in [0.3, 0.4) is 0 Å². The molecule has 0 bridgehead atoms. The molecule has 1 aromatic carbocycles. The fraction of sp³-hybridized carbons (Fsp3) is 0.357. The molecule has 3 nitrogen and oxygen atoms in total. The Kier molecular flexibility index (Phi) is 4.04. The average Bonchev–Trinajstić information content (AvgIpc) is 2.72. The molecule has 0 aliphatic heterocycles. The van der Waals surface area contributed by atoms with Gasteiger partial charge in [-0.3, -0.25) is 4.68 Å². The minimum atomic E-state index is 0.261. The van der Waals surface area contributed by atoms with Gasteiger partial charge in [0.2, 0.25) is 0 Å². The van der Waals surface area contributed by atoms with Gasteiger partial charge in [-0.25, -0.2) is 0 Å². The normalized spacial score (nSPS) is 12.7. The number of aryl methyl sites for hydroxylation is 2. The Morgan fingerprint density at radius 2 is 2.17 bits per heavy atom. The zero-order chi connectivity index (χ0) is 13.1. The van der Waals surface area contributed by atoms with Crippen LogP contribution in [-0.2, 0) is 13.5 Å². The van der Waals surface area contributed by atoms with Gasteiger partial charge in [0.25, 0.3) is 0 Å². The van der Waals surface area contributed by atoms with Gasteiger partial charge in [-0.2, -0.15) is 5.10 Å². The molecule has 0 fully saturated rings. The maximum absolute atomic E-state index is 5.99. The van der Waals surface area contributed by atoms with E-state index in [0.29, 0.717) is 0 Å². The molecule has 4 heteroatoms. The first-order valence-corrected chi connectivity index (χ1v) is 6.40. The number of rotatable bonds is 4. The Morgan fingerprint density at radius 1 is 1.39 bits per heavy atom. The van der Waals surface area contributed by atoms with Crippen LogP contribution in [0.15, 0.2) is 30.5 Å². The summed E-state index contributed by atoms with van der Waals surface area (Å²) in [6, 6.07) is 8.33. The van der Waals surface area contributed by atoms with Crippen LogP contribution in [0.25, 0.3) is 0 Å². The van der Waals surface area contributed by atoms with Crippen molar-refractivity contribution in [3.05, 3.63) is 52.3 Å². The highest BCUT2D eigenvalue weighted by molar-refractivity contribution is 6.30. The third-order valence-corrected chi connectivity index (χ3v) is 3.37. The van der Waals surface area contributed by atoms with E-state index in [4.69, 9.17) is 11.6 Å². The summed E-state index contributed by atoms with van der Waals surface area (Å²) < 4.78 is 1.83. The molecule has 2 rings (SSSR count). The van der Waals surface area contributed by atoms with Crippen LogP contribution < -0.4 is 5.32 Å². The Balaban J connectivity index is 2.22. The van der Waals surface area contributed by atoms with Crippen molar-refractivity contribution in [3.63, 3.8) is 0 Å². The van der Waals surface area contributed by atoms with Crippen LogP contribution in [0.4, 0.5) is 0 Å². The van der Waals surface area contributed by atoms with Crippen molar-refractivity contribution < 1.29 is 0 Å². The van der Waals surface area contributed by atoms with Crippen molar-refractivity contribution in [2.45, 2.75) is 19.4 Å². The van der Waals surface area contributed by atoms with Crippen molar-refractivity contribution in [3.8, 4) is 0 Å². The highest BCUT2D eigenvalue weighted by Crippen LogP contribution is 2.23. The molecule has 1 heterocycles. The molecule has 1 unspecified atom stereocenters. The Hall–Kier alpha value is -1.32. The molecular weight excluding hydrogens is 246 g/mol. The highest BCUT2D eigenvalue weighted by Gasteiger charge is 2.14. The first-order chi connectivity index (χ1) is 8.60. The number of nitrogens with zero attached hydrogens (tertiary/aromatic N) is 2. The molecule has 1 atom stereocenters. The van der Waals surface area contributed by atoms with Crippen LogP contribution in [0.2, 0.25) is 5.02 Å². The summed E-state index contributed by atoms with van der Waals surface area (Å²) in [5, 5.41) is 8.55. The first kappa shape index (κ1) is 13.1. The summed E-state index contributed by atoms with van der Waals surface area (Å²) in [7, 11) is 3.91. The minimum absolute atomic E-state index is 0.261. The van der Waals surface area contributed by atoms with Gasteiger partial charge in [0.05, 0.1) is 5.69 Å². The van der Waals surface area contributed by atoms with Gasteiger partial charge in [-0.1, -0.05) is 17.7 Å². The number of aromatic nitrogens is 2. The van der Waals surface area contributed by atoms with Gasteiger partial charge in [-0.15, -0.1) is 0 Å². The standard InChI is InChI=1S/C14H18ClN3/c1-10-8-11(15)4-5-13(10)14(16-2)9-12-6-7-18(3)17-12/h4-8,14,16H,9H2,1-3H3. The molecule has 1 N–H and O–H groups in total. The van der Waals surface area contributed by atoms with E-state index < -0.39 is 0 Å². The molecule has 1 aromatic heterocycles. The van der Waals surface area contributed by atoms with Crippen LogP contribution in [0.5, 0.6) is 0 Å². The summed E-state index contributed by atoms with van der Waals surface area (Å²) in [6.07, 6.45) is 2.84. The number of likely N-dealkylation sites (N-methyl/N-ethyl adjacent to an activating group) is 1. The molecular formula is C14H18ClN3. The Bertz CT molecular complexity index is 534. The molecule has 2 aromatic rings. The van der Waals surface area contributed by atoms with E-state index in [1.165, 1.54) is 11.1 Å². The van der Waals surface area contributed by atoms with Gasteiger partial charge < -0.3 is 5.32 Å². The van der Waals surface area contributed by atoms with E-state index in [-0.39, 0.29) is 6.04 Å². The second-order valence-corrected chi connectivity index (χ2v) is 4.96. The lowest BCUT2D eigenvalue weighted by Gasteiger charge is -2.18. The minimum Gasteiger partial charge on any atom is -0.313 e. The van der Waals surface area contributed by atoms with Gasteiger partial charge in [0.15, 0.2) is 0 Å². The van der Waals surface area contributed by atoms with E-state index >= 15 is 0 Å². The molecule has 0 spiro atoms. The molecule has 18 heavy (non-hydrogen) atoms. The van der Waals surface area contributed by atoms with Crippen molar-refractivity contribution in [2.75, 3.05) is 7.05 Å². The predicted octanol–water partition coefficient (Wildman–Crippen LogP) is 2.89. The average molecular weight is 264 g/mol. The molecule has 0 radical (unpaired) electrons. The number of hydrogen-bond donors (Lipinski definition) is 1. The van der Waals surface area contributed by atoms with E-state index in [2.05, 4.69) is 29.5 Å². The lowest BCUT2D eigenvalue weighted by molar-refractivity contribution is 0.574. The van der Waals surface area contributed by atoms with E-state index in [9.17, 15) is 0 Å². The summed E-state index contributed by atoms with van der Waals surface area (Å²) in [5.74, 6) is 0. The van der Waals surface area contributed by atoms with Gasteiger partial charge >= 0.3 is 0 Å². The maximum atomic E-state index is 5.99. The van der Waals surface area contributed by atoms with Crippen LogP contribution in [0, 0.1) is 6.92 Å². The zero-order valence-corrected chi connectivity index (χ0v) is 11.7. The van der Waals surface area contributed by atoms with Crippen molar-refractivity contribution in [1.82, 2.24) is 15.1 Å². The fourth-order valence-electron chi connectivity index (χ4n) is 2.18. The topological polar surface area (TPSA) is 29.9 Å². The molecule has 0 saturated heterocycles. The monoisotopic (exact) mass is 263 g/mol. The number of hydrogen-bond acceptors (Lipinski definition) is 2. The van der Waals surface area contributed by atoms with Crippen molar-refractivity contribution in [2.24, 2.45) is 7.05 Å². The largest absolute Gasteiger partial charge is 0.313 e. The fourth-order valence-corrected chi connectivity index (χ4v) is 2.41. The van der Waals surface area contributed by atoms with Gasteiger partial charge in [-0.05, 0) is 43.3 Å². The number of nitrogens with one attached hydrogen (secondary N) is 1. The quantitative estimate of drug-likeness (QED) is 0.919. The molecule has 96 valence electrons. The maximum Gasteiger partial charge on any atom is 0.0643 e. The van der Waals surface area contributed by atoms with E-state index in [1.54, 1.807) is 0 Å². The SMILES string of the molecule is CNC(Cc1ccn(C)n1)c1ccc(Cl)cc1C. The highest BCUT2D eigenvalue weighted by atomic mass is 35.5. The predicted molar refractivity (Wildman–Crippen MR) is 74.9 cm³/mol. The Labute approximate surface area is 113 Å². The zero-order valence-electron chi connectivity index (χ0n) is 10.9. The van der Waals surface area contributed by atoms with Gasteiger partial charge in [0, 0.05) is 30.7 Å². The smallest absolute Gasteiger partial charge is 0.0643 e. The van der Waals surface area contributed by atoms with E-state index in [1.807, 2.05) is 37.1 Å². The molecule has 0 aliphatic rings. The van der Waals surface area contributed by atoms with E-state index in [0.717, 1.165) is 17.1 Å². The lowest BCUT2D eigenvalue weighted by Crippen LogP contribution is -2.20. The third-order valence-electron chi connectivity index (χ3n) is 3.14. The summed E-state index contributed by atoms with van der Waals surface area (Å²) in [6.45, 7) is 2.09. The second-order valence-electron chi connectivity index (χ2n) is 4.53. The first-order valence-electron chi connectivity index (χ1n) is 6.02. The number of benzene rings is 1. The van der Waals surface area contributed by atoms with Crippen molar-refractivity contribution in [1.29, 1.82) is 0 Å².